The third kappa shape index (κ3) is 3.22. The van der Waals surface area contributed by atoms with E-state index in [9.17, 15) is 4.79 Å². The third-order valence-corrected chi connectivity index (χ3v) is 2.54. The summed E-state index contributed by atoms with van der Waals surface area (Å²) < 4.78 is 7.40. The van der Waals surface area contributed by atoms with Crippen molar-refractivity contribution in [3.8, 4) is 17.0 Å². The molecule has 1 heterocycles. The van der Waals surface area contributed by atoms with E-state index in [0.717, 1.165) is 17.6 Å². The van der Waals surface area contributed by atoms with Crippen LogP contribution in [-0.4, -0.2) is 21.7 Å². The molecule has 0 fully saturated rings. The number of hydrogen-bond acceptors (Lipinski definition) is 3. The van der Waals surface area contributed by atoms with Crippen LogP contribution in [-0.2, 0) is 7.05 Å². The Labute approximate surface area is 113 Å². The Kier molecular flexibility index (Phi) is 3.42. The van der Waals surface area contributed by atoms with Crippen molar-refractivity contribution < 1.29 is 9.53 Å². The van der Waals surface area contributed by atoms with Gasteiger partial charge in [-0.05, 0) is 45.0 Å². The Morgan fingerprint density at radius 3 is 2.37 bits per heavy atom. The highest BCUT2D eigenvalue weighted by molar-refractivity contribution is 5.85. The molecular weight excluding hydrogens is 240 g/mol. The maximum Gasteiger partial charge on any atom is 0.153 e. The van der Waals surface area contributed by atoms with Crippen molar-refractivity contribution in [1.82, 2.24) is 9.78 Å². The van der Waals surface area contributed by atoms with Crippen LogP contribution in [0.25, 0.3) is 11.3 Å². The first-order valence-electron chi connectivity index (χ1n) is 6.17. The first-order valence-corrected chi connectivity index (χ1v) is 6.17. The molecule has 0 saturated carbocycles. The molecule has 0 aliphatic heterocycles. The molecule has 0 N–H and O–H groups in total. The number of nitrogens with zero attached hydrogens (tertiary/aromatic N) is 2. The van der Waals surface area contributed by atoms with Gasteiger partial charge in [-0.1, -0.05) is 0 Å². The number of aryl methyl sites for hydroxylation is 1. The SMILES string of the molecule is Cn1cc(C=O)c(-c2ccc(OC(C)(C)C)cc2)n1. The zero-order chi connectivity index (χ0) is 14.0. The van der Waals surface area contributed by atoms with E-state index >= 15 is 0 Å². The van der Waals surface area contributed by atoms with E-state index < -0.39 is 0 Å². The zero-order valence-corrected chi connectivity index (χ0v) is 11.7. The first kappa shape index (κ1) is 13.3. The van der Waals surface area contributed by atoms with E-state index in [2.05, 4.69) is 5.10 Å². The molecule has 0 radical (unpaired) electrons. The summed E-state index contributed by atoms with van der Waals surface area (Å²) in [6, 6.07) is 7.61. The summed E-state index contributed by atoms with van der Waals surface area (Å²) in [5.74, 6) is 0.805. The maximum atomic E-state index is 11.0. The summed E-state index contributed by atoms with van der Waals surface area (Å²) in [6.07, 6.45) is 2.53. The van der Waals surface area contributed by atoms with Crippen molar-refractivity contribution >= 4 is 6.29 Å². The van der Waals surface area contributed by atoms with Gasteiger partial charge in [0.2, 0.25) is 0 Å². The van der Waals surface area contributed by atoms with Gasteiger partial charge in [0.25, 0.3) is 0 Å². The fourth-order valence-electron chi connectivity index (χ4n) is 1.85. The van der Waals surface area contributed by atoms with Crippen LogP contribution in [0.15, 0.2) is 30.5 Å². The number of ether oxygens (including phenoxy) is 1. The second-order valence-corrected chi connectivity index (χ2v) is 5.46. The number of hydrogen-bond donors (Lipinski definition) is 0. The monoisotopic (exact) mass is 258 g/mol. The molecule has 0 unspecified atom stereocenters. The minimum atomic E-state index is -0.222. The zero-order valence-electron chi connectivity index (χ0n) is 11.7. The summed E-state index contributed by atoms with van der Waals surface area (Å²) >= 11 is 0. The van der Waals surface area contributed by atoms with Gasteiger partial charge in [-0.15, -0.1) is 0 Å². The minimum Gasteiger partial charge on any atom is -0.488 e. The van der Waals surface area contributed by atoms with E-state index in [4.69, 9.17) is 4.74 Å². The van der Waals surface area contributed by atoms with Crippen LogP contribution in [0, 0.1) is 0 Å². The van der Waals surface area contributed by atoms with Gasteiger partial charge < -0.3 is 4.74 Å². The van der Waals surface area contributed by atoms with E-state index in [1.54, 1.807) is 17.9 Å². The molecule has 0 aliphatic rings. The standard InChI is InChI=1S/C15H18N2O2/c1-15(2,3)19-13-7-5-11(6-8-13)14-12(10-18)9-17(4)16-14/h5-10H,1-4H3. The topological polar surface area (TPSA) is 44.1 Å². The molecule has 0 atom stereocenters. The number of rotatable bonds is 3. The molecule has 19 heavy (non-hydrogen) atoms. The van der Waals surface area contributed by atoms with Crippen molar-refractivity contribution in [2.24, 2.45) is 7.05 Å². The van der Waals surface area contributed by atoms with Crippen LogP contribution in [0.2, 0.25) is 0 Å². The summed E-state index contributed by atoms with van der Waals surface area (Å²) in [4.78, 5) is 11.0. The molecule has 0 saturated heterocycles. The van der Waals surface area contributed by atoms with Crippen LogP contribution in [0.4, 0.5) is 0 Å². The Hall–Kier alpha value is -2.10. The number of benzene rings is 1. The Morgan fingerprint density at radius 2 is 1.84 bits per heavy atom. The number of aldehydes is 1. The van der Waals surface area contributed by atoms with E-state index in [1.165, 1.54) is 0 Å². The largest absolute Gasteiger partial charge is 0.488 e. The van der Waals surface area contributed by atoms with Crippen LogP contribution in [0.5, 0.6) is 5.75 Å². The third-order valence-electron chi connectivity index (χ3n) is 2.54. The molecule has 1 aromatic heterocycles. The molecule has 2 aromatic rings. The van der Waals surface area contributed by atoms with E-state index in [-0.39, 0.29) is 5.60 Å². The van der Waals surface area contributed by atoms with Gasteiger partial charge in [0.1, 0.15) is 17.0 Å². The van der Waals surface area contributed by atoms with Crippen molar-refractivity contribution in [3.63, 3.8) is 0 Å². The highest BCUT2D eigenvalue weighted by Gasteiger charge is 2.13. The van der Waals surface area contributed by atoms with Gasteiger partial charge in [-0.25, -0.2) is 0 Å². The Morgan fingerprint density at radius 1 is 1.21 bits per heavy atom. The smallest absolute Gasteiger partial charge is 0.153 e. The molecule has 0 amide bonds. The quantitative estimate of drug-likeness (QED) is 0.795. The second kappa shape index (κ2) is 4.88. The fraction of sp³-hybridized carbons (Fsp3) is 0.333. The maximum absolute atomic E-state index is 11.0. The Bertz CT molecular complexity index is 577. The highest BCUT2D eigenvalue weighted by Crippen LogP contribution is 2.25. The summed E-state index contributed by atoms with van der Waals surface area (Å²) in [5.41, 5.74) is 1.97. The Balaban J connectivity index is 2.29. The van der Waals surface area contributed by atoms with Crippen LogP contribution in [0.3, 0.4) is 0 Å². The molecular formula is C15H18N2O2. The van der Waals surface area contributed by atoms with Crippen molar-refractivity contribution in [3.05, 3.63) is 36.0 Å². The molecule has 0 bridgehead atoms. The van der Waals surface area contributed by atoms with Crippen molar-refractivity contribution in [2.75, 3.05) is 0 Å². The first-order chi connectivity index (χ1) is 8.89. The second-order valence-electron chi connectivity index (χ2n) is 5.46. The van der Waals surface area contributed by atoms with Gasteiger partial charge in [-0.3, -0.25) is 9.48 Å². The van der Waals surface area contributed by atoms with Gasteiger partial charge in [0.15, 0.2) is 6.29 Å². The molecule has 4 nitrogen and oxygen atoms in total. The van der Waals surface area contributed by atoms with Crippen molar-refractivity contribution in [1.29, 1.82) is 0 Å². The summed E-state index contributed by atoms with van der Waals surface area (Å²) in [6.45, 7) is 6.01. The minimum absolute atomic E-state index is 0.222. The summed E-state index contributed by atoms with van der Waals surface area (Å²) in [5, 5.41) is 4.30. The van der Waals surface area contributed by atoms with Crippen molar-refractivity contribution in [2.45, 2.75) is 26.4 Å². The van der Waals surface area contributed by atoms with E-state index in [0.29, 0.717) is 11.3 Å². The molecule has 4 heteroatoms. The molecule has 100 valence electrons. The predicted octanol–water partition coefficient (Wildman–Crippen LogP) is 3.08. The van der Waals surface area contributed by atoms with Crippen LogP contribution >= 0.6 is 0 Å². The normalized spacial score (nSPS) is 11.4. The predicted molar refractivity (Wildman–Crippen MR) is 74.4 cm³/mol. The lowest BCUT2D eigenvalue weighted by Gasteiger charge is -2.21. The average Bonchev–Trinajstić information content (AvgIpc) is 2.69. The molecule has 0 aliphatic carbocycles. The average molecular weight is 258 g/mol. The summed E-state index contributed by atoms with van der Waals surface area (Å²) in [7, 11) is 1.80. The lowest BCUT2D eigenvalue weighted by molar-refractivity contribution is 0.112. The molecule has 2 rings (SSSR count). The van der Waals surface area contributed by atoms with Gasteiger partial charge in [0.05, 0.1) is 5.56 Å². The number of aromatic nitrogens is 2. The van der Waals surface area contributed by atoms with Crippen LogP contribution < -0.4 is 4.74 Å². The lowest BCUT2D eigenvalue weighted by atomic mass is 10.1. The molecule has 1 aromatic carbocycles. The number of carbonyl (C=O) groups is 1. The molecule has 0 spiro atoms. The van der Waals surface area contributed by atoms with Gasteiger partial charge in [0, 0.05) is 18.8 Å². The van der Waals surface area contributed by atoms with Gasteiger partial charge >= 0.3 is 0 Å². The lowest BCUT2D eigenvalue weighted by Crippen LogP contribution is -2.22. The van der Waals surface area contributed by atoms with Gasteiger partial charge in [-0.2, -0.15) is 5.10 Å². The number of carbonyl (C=O) groups excluding carboxylic acids is 1. The highest BCUT2D eigenvalue weighted by atomic mass is 16.5. The fourth-order valence-corrected chi connectivity index (χ4v) is 1.85. The van der Waals surface area contributed by atoms with E-state index in [1.807, 2.05) is 45.0 Å². The van der Waals surface area contributed by atoms with Crippen LogP contribution in [0.1, 0.15) is 31.1 Å².